The van der Waals surface area contributed by atoms with Crippen LogP contribution in [0.5, 0.6) is 0 Å². The first-order valence-corrected chi connectivity index (χ1v) is 8.44. The number of halogens is 1. The predicted octanol–water partition coefficient (Wildman–Crippen LogP) is 2.81. The second kappa shape index (κ2) is 6.74. The number of carbonyl (C=O) groups is 2. The third-order valence-electron chi connectivity index (χ3n) is 2.97. The highest BCUT2D eigenvalue weighted by atomic mass is 35.5. The van der Waals surface area contributed by atoms with E-state index in [9.17, 15) is 9.59 Å². The summed E-state index contributed by atoms with van der Waals surface area (Å²) in [5.41, 5.74) is 0. The zero-order valence-electron chi connectivity index (χ0n) is 10.8. The largest absolute Gasteiger partial charge is 0.480 e. The van der Waals surface area contributed by atoms with Crippen molar-refractivity contribution in [2.75, 3.05) is 11.5 Å². The van der Waals surface area contributed by atoms with Gasteiger partial charge in [-0.3, -0.25) is 4.79 Å². The Morgan fingerprint density at radius 2 is 2.10 bits per heavy atom. The molecule has 1 aliphatic heterocycles. The highest BCUT2D eigenvalue weighted by molar-refractivity contribution is 8.00. The number of amides is 1. The fraction of sp³-hybridized carbons (Fsp3) is 0.385. The van der Waals surface area contributed by atoms with Crippen LogP contribution >= 0.6 is 35.1 Å². The van der Waals surface area contributed by atoms with Gasteiger partial charge in [-0.2, -0.15) is 0 Å². The summed E-state index contributed by atoms with van der Waals surface area (Å²) in [4.78, 5) is 25.8. The normalized spacial score (nSPS) is 22.0. The van der Waals surface area contributed by atoms with Crippen molar-refractivity contribution in [2.45, 2.75) is 23.2 Å². The molecule has 1 aliphatic rings. The molecule has 2 rings (SSSR count). The average molecular weight is 332 g/mol. The molecule has 1 aromatic carbocycles. The van der Waals surface area contributed by atoms with Crippen molar-refractivity contribution < 1.29 is 14.7 Å². The Bertz CT molecular complexity index is 509. The van der Waals surface area contributed by atoms with Gasteiger partial charge in [-0.1, -0.05) is 11.6 Å². The quantitative estimate of drug-likeness (QED) is 0.860. The summed E-state index contributed by atoms with van der Waals surface area (Å²) in [5, 5.41) is 9.70. The maximum absolute atomic E-state index is 12.2. The first-order valence-electron chi connectivity index (χ1n) is 6.03. The van der Waals surface area contributed by atoms with Gasteiger partial charge in [-0.15, -0.1) is 23.5 Å². The lowest BCUT2D eigenvalue weighted by Gasteiger charge is -2.24. The zero-order valence-corrected chi connectivity index (χ0v) is 13.2. The number of aliphatic carboxylic acids is 1. The number of nitrogens with zero attached hydrogens (tertiary/aromatic N) is 1. The van der Waals surface area contributed by atoms with Gasteiger partial charge in [0.25, 0.3) is 0 Å². The molecule has 0 radical (unpaired) electrons. The van der Waals surface area contributed by atoms with Crippen molar-refractivity contribution in [3.05, 3.63) is 29.3 Å². The van der Waals surface area contributed by atoms with Crippen LogP contribution in [0, 0.1) is 0 Å². The first kappa shape index (κ1) is 15.5. The van der Waals surface area contributed by atoms with Gasteiger partial charge in [0, 0.05) is 15.7 Å². The molecular formula is C13H14ClNO3S2. The predicted molar refractivity (Wildman–Crippen MR) is 82.4 cm³/mol. The molecule has 1 heterocycles. The molecule has 4 nitrogen and oxygen atoms in total. The SMILES string of the molecule is CC1SCC(C(=O)O)N1C(=O)CSc1ccc(Cl)cc1. The maximum Gasteiger partial charge on any atom is 0.327 e. The number of carbonyl (C=O) groups excluding carboxylic acids is 1. The van der Waals surface area contributed by atoms with Crippen molar-refractivity contribution in [1.82, 2.24) is 4.90 Å². The maximum atomic E-state index is 12.2. The number of hydrogen-bond acceptors (Lipinski definition) is 4. The molecule has 1 N–H and O–H groups in total. The second-order valence-corrected chi connectivity index (χ2v) is 7.16. The van der Waals surface area contributed by atoms with Crippen molar-refractivity contribution in [1.29, 1.82) is 0 Å². The molecule has 1 aromatic rings. The molecule has 2 atom stereocenters. The van der Waals surface area contributed by atoms with Crippen molar-refractivity contribution >= 4 is 47.0 Å². The van der Waals surface area contributed by atoms with E-state index in [1.807, 2.05) is 19.1 Å². The summed E-state index contributed by atoms with van der Waals surface area (Å²) >= 11 is 8.68. The third kappa shape index (κ3) is 3.62. The van der Waals surface area contributed by atoms with E-state index in [0.717, 1.165) is 4.90 Å². The van der Waals surface area contributed by atoms with Crippen LogP contribution in [0.15, 0.2) is 29.2 Å². The molecule has 0 aliphatic carbocycles. The Morgan fingerprint density at radius 1 is 1.45 bits per heavy atom. The Kier molecular flexibility index (Phi) is 5.23. The van der Waals surface area contributed by atoms with Gasteiger partial charge in [0.1, 0.15) is 6.04 Å². The van der Waals surface area contributed by atoms with Crippen LogP contribution in [0.3, 0.4) is 0 Å². The van der Waals surface area contributed by atoms with Gasteiger partial charge in [0.15, 0.2) is 0 Å². The highest BCUT2D eigenvalue weighted by Crippen LogP contribution is 2.30. The molecule has 2 unspecified atom stereocenters. The lowest BCUT2D eigenvalue weighted by molar-refractivity contribution is -0.147. The highest BCUT2D eigenvalue weighted by Gasteiger charge is 2.39. The van der Waals surface area contributed by atoms with Gasteiger partial charge in [-0.25, -0.2) is 4.79 Å². The molecule has 0 bridgehead atoms. The van der Waals surface area contributed by atoms with Crippen LogP contribution in [0.1, 0.15) is 6.92 Å². The van der Waals surface area contributed by atoms with Crippen LogP contribution in [0.25, 0.3) is 0 Å². The first-order chi connectivity index (χ1) is 9.49. The van der Waals surface area contributed by atoms with Crippen LogP contribution < -0.4 is 0 Å². The van der Waals surface area contributed by atoms with Crippen LogP contribution in [-0.2, 0) is 9.59 Å². The lowest BCUT2D eigenvalue weighted by Crippen LogP contribution is -2.45. The van der Waals surface area contributed by atoms with Gasteiger partial charge >= 0.3 is 5.97 Å². The minimum absolute atomic E-state index is 0.0885. The molecule has 0 spiro atoms. The number of hydrogen-bond donors (Lipinski definition) is 1. The van der Waals surface area contributed by atoms with Crippen LogP contribution in [0.4, 0.5) is 0 Å². The van der Waals surface area contributed by atoms with Crippen molar-refractivity contribution in [3.8, 4) is 0 Å². The standard InChI is InChI=1S/C13H14ClNO3S2/c1-8-15(11(6-19-8)13(17)18)12(16)7-20-10-4-2-9(14)3-5-10/h2-5,8,11H,6-7H2,1H3,(H,17,18). The minimum Gasteiger partial charge on any atom is -0.480 e. The number of rotatable bonds is 4. The van der Waals surface area contributed by atoms with Crippen molar-refractivity contribution in [3.63, 3.8) is 0 Å². The molecular weight excluding hydrogens is 318 g/mol. The third-order valence-corrected chi connectivity index (χ3v) is 5.44. The summed E-state index contributed by atoms with van der Waals surface area (Å²) < 4.78 is 0. The lowest BCUT2D eigenvalue weighted by atomic mass is 10.3. The summed E-state index contributed by atoms with van der Waals surface area (Å²) in [6, 6.07) is 6.51. The van der Waals surface area contributed by atoms with E-state index in [0.29, 0.717) is 10.8 Å². The molecule has 7 heteroatoms. The minimum atomic E-state index is -0.938. The Morgan fingerprint density at radius 3 is 2.70 bits per heavy atom. The second-order valence-electron chi connectivity index (χ2n) is 4.33. The molecule has 20 heavy (non-hydrogen) atoms. The molecule has 108 valence electrons. The topological polar surface area (TPSA) is 57.6 Å². The van der Waals surface area contributed by atoms with E-state index in [-0.39, 0.29) is 17.0 Å². The summed E-state index contributed by atoms with van der Waals surface area (Å²) in [5.74, 6) is -0.397. The van der Waals surface area contributed by atoms with Gasteiger partial charge < -0.3 is 10.0 Å². The summed E-state index contributed by atoms with van der Waals surface area (Å²) in [6.07, 6.45) is 0. The smallest absolute Gasteiger partial charge is 0.327 e. The van der Waals surface area contributed by atoms with Crippen LogP contribution in [-0.4, -0.2) is 44.8 Å². The van der Waals surface area contributed by atoms with E-state index in [2.05, 4.69) is 0 Å². The number of thioether (sulfide) groups is 2. The zero-order chi connectivity index (χ0) is 14.7. The fourth-order valence-corrected chi connectivity index (χ4v) is 4.04. The number of carboxylic acid groups (broad SMARTS) is 1. The van der Waals surface area contributed by atoms with Gasteiger partial charge in [0.2, 0.25) is 5.91 Å². The number of carboxylic acids is 1. The van der Waals surface area contributed by atoms with E-state index in [1.54, 1.807) is 12.1 Å². The Balaban J connectivity index is 1.97. The molecule has 1 fully saturated rings. The Hall–Kier alpha value is -0.850. The summed E-state index contributed by atoms with van der Waals surface area (Å²) in [6.45, 7) is 1.86. The molecule has 0 aromatic heterocycles. The van der Waals surface area contributed by atoms with Gasteiger partial charge in [0.05, 0.1) is 11.1 Å². The molecule has 1 saturated heterocycles. The van der Waals surface area contributed by atoms with E-state index >= 15 is 0 Å². The summed E-state index contributed by atoms with van der Waals surface area (Å²) in [7, 11) is 0. The van der Waals surface area contributed by atoms with E-state index in [1.165, 1.54) is 28.4 Å². The van der Waals surface area contributed by atoms with Crippen LogP contribution in [0.2, 0.25) is 5.02 Å². The van der Waals surface area contributed by atoms with Gasteiger partial charge in [-0.05, 0) is 31.2 Å². The van der Waals surface area contributed by atoms with E-state index in [4.69, 9.17) is 16.7 Å². The fourth-order valence-electron chi connectivity index (χ4n) is 1.96. The molecule has 1 amide bonds. The Labute approximate surface area is 130 Å². The molecule has 0 saturated carbocycles. The number of benzene rings is 1. The monoisotopic (exact) mass is 331 g/mol. The van der Waals surface area contributed by atoms with E-state index < -0.39 is 12.0 Å². The average Bonchev–Trinajstić information content (AvgIpc) is 2.80. The van der Waals surface area contributed by atoms with Crippen molar-refractivity contribution in [2.24, 2.45) is 0 Å².